The normalized spacial score (nSPS) is 10.4. The fraction of sp³-hybridized carbons (Fsp3) is 0.0135. The molecule has 0 N–H and O–H groups in total. The molecule has 2 aromatic heterocycles. The highest BCUT2D eigenvalue weighted by molar-refractivity contribution is 6.15. The second-order valence-electron chi connectivity index (χ2n) is 20.4. The first-order valence-electron chi connectivity index (χ1n) is 26.6. The van der Waals surface area contributed by atoms with Crippen molar-refractivity contribution in [1.82, 2.24) is 9.13 Å². The van der Waals surface area contributed by atoms with Gasteiger partial charge in [-0.25, -0.2) is 29.1 Å². The maximum atomic E-state index is 10.7. The van der Waals surface area contributed by atoms with E-state index in [2.05, 4.69) is 64.0 Å². The zero-order chi connectivity index (χ0) is 62.4. The van der Waals surface area contributed by atoms with Crippen molar-refractivity contribution in [3.8, 4) is 109 Å². The fourth-order valence-electron chi connectivity index (χ4n) is 12.0. The van der Waals surface area contributed by atoms with Crippen LogP contribution in [0, 0.1) is 126 Å². The zero-order valence-electron chi connectivity index (χ0n) is 46.2. The van der Waals surface area contributed by atoms with E-state index in [4.69, 9.17) is 39.4 Å². The summed E-state index contributed by atoms with van der Waals surface area (Å²) in [5.41, 5.74) is 11.0. The molecule has 0 radical (unpaired) electrons. The number of nitriles is 7. The van der Waals surface area contributed by atoms with Gasteiger partial charge in [0.1, 0.15) is 0 Å². The largest absolute Gasteiger partial charge is 0.309 e. The highest BCUT2D eigenvalue weighted by Crippen LogP contribution is 2.48. The molecule has 12 aromatic rings. The summed E-state index contributed by atoms with van der Waals surface area (Å²) in [6, 6.07) is 60.1. The standard InChI is InChI=1S/C74H29N15/c1-41-9-8-10-55(74(41)89-68-19-14-46(71-50(38-79)22-44(36-77)25-62(71)85-5)30-59(68)60-31-48(15-20-69(60)89)73-52(40-81)27-54(83-3)33-64(73)87-7)56-23-42(34-75)11-16-65(56)88-66-17-12-45(70-49(37-78)21-43(35-76)24-61(70)84-4)28-57(66)58-29-47(13-18-67(58)88)72-51(39-80)26-53(82-2)32-63(72)86-6/h8-33H,1H3. The molecule has 0 amide bonds. The zero-order valence-corrected chi connectivity index (χ0v) is 46.2. The molecule has 0 saturated heterocycles. The Morgan fingerprint density at radius 1 is 0.326 bits per heavy atom. The van der Waals surface area contributed by atoms with E-state index in [1.807, 2.05) is 109 Å². The Morgan fingerprint density at radius 2 is 0.697 bits per heavy atom. The van der Waals surface area contributed by atoms with Crippen LogP contribution >= 0.6 is 0 Å². The molecule has 0 aliphatic rings. The third kappa shape index (κ3) is 8.72. The van der Waals surface area contributed by atoms with Crippen molar-refractivity contribution in [3.05, 3.63) is 271 Å². The van der Waals surface area contributed by atoms with Crippen LogP contribution in [0.3, 0.4) is 0 Å². The summed E-state index contributed by atoms with van der Waals surface area (Å²) in [7, 11) is 0. The second kappa shape index (κ2) is 21.8. The molecule has 0 aliphatic carbocycles. The summed E-state index contributed by atoms with van der Waals surface area (Å²) >= 11 is 0. The molecule has 15 nitrogen and oxygen atoms in total. The van der Waals surface area contributed by atoms with Crippen LogP contribution in [-0.4, -0.2) is 9.13 Å². The Balaban J connectivity index is 1.18. The van der Waals surface area contributed by atoms with Crippen LogP contribution in [0.4, 0.5) is 34.1 Å². The van der Waals surface area contributed by atoms with Gasteiger partial charge < -0.3 is 9.13 Å². The van der Waals surface area contributed by atoms with Crippen LogP contribution in [0.1, 0.15) is 44.5 Å². The van der Waals surface area contributed by atoms with E-state index >= 15 is 0 Å². The van der Waals surface area contributed by atoms with Crippen molar-refractivity contribution >= 4 is 77.7 Å². The molecule has 10 aromatic carbocycles. The summed E-state index contributed by atoms with van der Waals surface area (Å²) in [6.07, 6.45) is 0. The molecule has 0 fully saturated rings. The van der Waals surface area contributed by atoms with E-state index in [0.717, 1.165) is 5.56 Å². The van der Waals surface area contributed by atoms with E-state index in [0.29, 0.717) is 116 Å². The lowest BCUT2D eigenvalue weighted by Gasteiger charge is -2.21. The number of aryl methyl sites for hydroxylation is 1. The van der Waals surface area contributed by atoms with Gasteiger partial charge in [0.25, 0.3) is 0 Å². The Bertz CT molecular complexity index is 5430. The van der Waals surface area contributed by atoms with Crippen LogP contribution in [0.25, 0.3) is 140 Å². The first-order chi connectivity index (χ1) is 43.4. The number of hydrogen-bond acceptors (Lipinski definition) is 7. The maximum absolute atomic E-state index is 10.7. The summed E-state index contributed by atoms with van der Waals surface area (Å²) in [6.45, 7) is 50.0. The SMILES string of the molecule is [C-]#[N+]c1cc(C#N)c(-c2ccc3c(c2)c2cc(-c4c(C#N)cc(C#N)cc4[N+]#[C-])ccc2n3-c2ccc(C#N)cc2-c2cccc(C)c2-n2c3ccc(-c4c(C#N)cc(C#N)cc4[N+]#[C-])cc3c3cc(-c4c(C#N)cc([N+]#[C-])cc4[N+]#[C-])ccc32)c([N+]#[C-])c1. The number of nitrogens with zero attached hydrogens (tertiary/aromatic N) is 15. The molecule has 0 saturated carbocycles. The number of para-hydroxylation sites is 1. The van der Waals surface area contributed by atoms with Gasteiger partial charge in [-0.05, 0) is 138 Å². The average Bonchev–Trinajstić information content (AvgIpc) is 1.65. The highest BCUT2D eigenvalue weighted by atomic mass is 15.0. The van der Waals surface area contributed by atoms with Crippen molar-refractivity contribution in [2.24, 2.45) is 0 Å². The lowest BCUT2D eigenvalue weighted by molar-refractivity contribution is 1.14. The molecule has 15 heteroatoms. The third-order valence-corrected chi connectivity index (χ3v) is 15.7. The van der Waals surface area contributed by atoms with E-state index in [1.54, 1.807) is 24.3 Å². The second-order valence-corrected chi connectivity index (χ2v) is 20.4. The average molecular weight is 1130 g/mol. The van der Waals surface area contributed by atoms with Crippen molar-refractivity contribution < 1.29 is 0 Å². The van der Waals surface area contributed by atoms with Gasteiger partial charge in [0.15, 0.2) is 34.1 Å². The Hall–Kier alpha value is -14.8. The van der Waals surface area contributed by atoms with Gasteiger partial charge in [0, 0.05) is 77.2 Å². The van der Waals surface area contributed by atoms with Crippen LogP contribution in [0.5, 0.6) is 0 Å². The number of hydrogen-bond donors (Lipinski definition) is 0. The van der Waals surface area contributed by atoms with Crippen molar-refractivity contribution in [2.45, 2.75) is 6.92 Å². The molecule has 0 atom stereocenters. The van der Waals surface area contributed by atoms with E-state index in [9.17, 15) is 36.8 Å². The van der Waals surface area contributed by atoms with Gasteiger partial charge in [-0.2, -0.15) is 36.8 Å². The summed E-state index contributed by atoms with van der Waals surface area (Å²) < 4.78 is 4.12. The summed E-state index contributed by atoms with van der Waals surface area (Å²) in [5.74, 6) is 0. The van der Waals surface area contributed by atoms with Gasteiger partial charge in [0.2, 0.25) is 0 Å². The summed E-state index contributed by atoms with van der Waals surface area (Å²) in [4.78, 5) is 22.0. The number of aromatic nitrogens is 2. The molecule has 400 valence electrons. The minimum atomic E-state index is 0.0908. The quantitative estimate of drug-likeness (QED) is 0.141. The predicted octanol–water partition coefficient (Wildman–Crippen LogP) is 18.9. The minimum Gasteiger partial charge on any atom is -0.309 e. The van der Waals surface area contributed by atoms with Gasteiger partial charge in [-0.1, -0.05) is 54.6 Å². The van der Waals surface area contributed by atoms with Gasteiger partial charge >= 0.3 is 0 Å². The first-order valence-corrected chi connectivity index (χ1v) is 26.6. The predicted molar refractivity (Wildman–Crippen MR) is 338 cm³/mol. The maximum Gasteiger partial charge on any atom is 0.197 e. The molecule has 2 heterocycles. The Kier molecular flexibility index (Phi) is 13.4. The van der Waals surface area contributed by atoms with Crippen LogP contribution < -0.4 is 0 Å². The first kappa shape index (κ1) is 54.7. The third-order valence-electron chi connectivity index (χ3n) is 15.7. The smallest absolute Gasteiger partial charge is 0.197 e. The number of benzene rings is 10. The van der Waals surface area contributed by atoms with Gasteiger partial charge in [0.05, 0.1) is 132 Å². The molecule has 12 rings (SSSR count). The van der Waals surface area contributed by atoms with Crippen LogP contribution in [-0.2, 0) is 0 Å². The summed E-state index contributed by atoms with van der Waals surface area (Å²) in [5, 5.41) is 74.9. The van der Waals surface area contributed by atoms with Crippen LogP contribution in [0.15, 0.2) is 158 Å². The van der Waals surface area contributed by atoms with E-state index in [-0.39, 0.29) is 67.5 Å². The number of fused-ring (bicyclic) bond motifs is 6. The Labute approximate surface area is 508 Å². The molecule has 0 unspecified atom stereocenters. The highest BCUT2D eigenvalue weighted by Gasteiger charge is 2.26. The number of rotatable bonds is 7. The van der Waals surface area contributed by atoms with E-state index in [1.165, 1.54) is 48.5 Å². The Morgan fingerprint density at radius 3 is 1.06 bits per heavy atom. The van der Waals surface area contributed by atoms with Crippen molar-refractivity contribution in [2.75, 3.05) is 0 Å². The van der Waals surface area contributed by atoms with E-state index < -0.39 is 0 Å². The molecular weight excluding hydrogens is 1100 g/mol. The molecule has 0 bridgehead atoms. The molecule has 0 aliphatic heterocycles. The topological polar surface area (TPSA) is 203 Å². The minimum absolute atomic E-state index is 0.0908. The molecular formula is C74H29N15. The van der Waals surface area contributed by atoms with Gasteiger partial charge in [-0.3, -0.25) is 0 Å². The fourth-order valence-corrected chi connectivity index (χ4v) is 12.0. The molecule has 89 heavy (non-hydrogen) atoms. The lowest BCUT2D eigenvalue weighted by atomic mass is 9.94. The van der Waals surface area contributed by atoms with Crippen molar-refractivity contribution in [3.63, 3.8) is 0 Å². The van der Waals surface area contributed by atoms with Gasteiger partial charge in [-0.15, -0.1) is 0 Å². The monoisotopic (exact) mass is 1130 g/mol. The van der Waals surface area contributed by atoms with Crippen molar-refractivity contribution in [1.29, 1.82) is 36.8 Å². The van der Waals surface area contributed by atoms with Crippen LogP contribution in [0.2, 0.25) is 0 Å². The lowest BCUT2D eigenvalue weighted by Crippen LogP contribution is -2.04. The molecule has 0 spiro atoms.